The molecule has 0 radical (unpaired) electrons. The van der Waals surface area contributed by atoms with Crippen LogP contribution in [0, 0.1) is 0 Å². The van der Waals surface area contributed by atoms with Crippen molar-refractivity contribution in [3.8, 4) is 0 Å². The highest BCUT2D eigenvalue weighted by Gasteiger charge is 2.48. The maximum Gasteiger partial charge on any atom is 0.105 e. The Labute approximate surface area is 95.7 Å². The van der Waals surface area contributed by atoms with Crippen molar-refractivity contribution in [2.24, 2.45) is 0 Å². The highest BCUT2D eigenvalue weighted by Crippen LogP contribution is 2.39. The van der Waals surface area contributed by atoms with Crippen LogP contribution in [0.2, 0.25) is 0 Å². The summed E-state index contributed by atoms with van der Waals surface area (Å²) in [5.41, 5.74) is 0.176. The molecular formula is C6H13I2N3. The molecule has 1 rings (SSSR count). The fourth-order valence-electron chi connectivity index (χ4n) is 1.53. The second-order valence-corrected chi connectivity index (χ2v) is 6.56. The van der Waals surface area contributed by atoms with Crippen molar-refractivity contribution in [3.63, 3.8) is 0 Å². The number of likely N-dealkylation sites (N-methyl/N-ethyl adjacent to an activating group) is 2. The van der Waals surface area contributed by atoms with Gasteiger partial charge in [-0.05, 0) is 26.9 Å². The van der Waals surface area contributed by atoms with Crippen molar-refractivity contribution in [2.75, 3.05) is 14.1 Å². The lowest BCUT2D eigenvalue weighted by atomic mass is 9.80. The molecule has 0 spiro atoms. The number of nitrogens with one attached hydrogen (secondary N) is 2. The number of halogens is 2. The van der Waals surface area contributed by atoms with Gasteiger partial charge in [-0.15, -0.1) is 0 Å². The lowest BCUT2D eigenvalue weighted by molar-refractivity contribution is 0.0899. The zero-order valence-electron chi connectivity index (χ0n) is 6.69. The van der Waals surface area contributed by atoms with Crippen LogP contribution in [0.5, 0.6) is 0 Å². The van der Waals surface area contributed by atoms with Gasteiger partial charge in [-0.3, -0.25) is 5.32 Å². The molecule has 0 heterocycles. The highest BCUT2D eigenvalue weighted by molar-refractivity contribution is 14.2. The molecule has 0 aromatic heterocycles. The van der Waals surface area contributed by atoms with E-state index in [2.05, 4.69) is 57.7 Å². The monoisotopic (exact) mass is 381 g/mol. The molecule has 0 aromatic rings. The first-order valence-corrected chi connectivity index (χ1v) is 5.58. The van der Waals surface area contributed by atoms with E-state index in [0.717, 1.165) is 0 Å². The lowest BCUT2D eigenvalue weighted by Crippen LogP contribution is -2.69. The maximum absolute atomic E-state index is 3.36. The van der Waals surface area contributed by atoms with Crippen LogP contribution in [0.25, 0.3) is 0 Å². The van der Waals surface area contributed by atoms with Crippen molar-refractivity contribution >= 4 is 45.7 Å². The lowest BCUT2D eigenvalue weighted by Gasteiger charge is -2.51. The molecular weight excluding hydrogens is 368 g/mol. The van der Waals surface area contributed by atoms with Gasteiger partial charge in [-0.1, -0.05) is 0 Å². The minimum atomic E-state index is 0.176. The minimum Gasteiger partial charge on any atom is -0.314 e. The Bertz CT molecular complexity index is 136. The van der Waals surface area contributed by atoms with E-state index < -0.39 is 0 Å². The topological polar surface area (TPSA) is 27.3 Å². The molecule has 0 saturated heterocycles. The van der Waals surface area contributed by atoms with Crippen LogP contribution in [-0.2, 0) is 0 Å². The standard InChI is InChI=1S/C6H13I2N3/c1-9-5-3-4-6(5,10-2)11(7)8/h5,9-10H,3-4H2,1-2H3. The van der Waals surface area contributed by atoms with Crippen molar-refractivity contribution in [1.29, 1.82) is 0 Å². The summed E-state index contributed by atoms with van der Waals surface area (Å²) >= 11 is 4.66. The van der Waals surface area contributed by atoms with E-state index in [0.29, 0.717) is 6.04 Å². The van der Waals surface area contributed by atoms with Gasteiger partial charge in [0.25, 0.3) is 0 Å². The summed E-state index contributed by atoms with van der Waals surface area (Å²) in [5, 5.41) is 6.67. The molecule has 2 N–H and O–H groups in total. The van der Waals surface area contributed by atoms with Gasteiger partial charge in [0.2, 0.25) is 0 Å². The van der Waals surface area contributed by atoms with Crippen molar-refractivity contribution in [2.45, 2.75) is 24.5 Å². The van der Waals surface area contributed by atoms with Gasteiger partial charge in [0.05, 0.1) is 0 Å². The van der Waals surface area contributed by atoms with E-state index in [1.165, 1.54) is 12.8 Å². The van der Waals surface area contributed by atoms with Crippen LogP contribution >= 0.6 is 45.7 Å². The molecule has 0 aromatic carbocycles. The first-order chi connectivity index (χ1) is 5.17. The van der Waals surface area contributed by atoms with Crippen molar-refractivity contribution < 1.29 is 0 Å². The predicted octanol–water partition coefficient (Wildman–Crippen LogP) is 1.29. The van der Waals surface area contributed by atoms with Crippen LogP contribution in [0.1, 0.15) is 12.8 Å². The maximum atomic E-state index is 3.36. The third-order valence-corrected chi connectivity index (χ3v) is 4.20. The van der Waals surface area contributed by atoms with Gasteiger partial charge in [-0.2, -0.15) is 1.33 Å². The fourth-order valence-corrected chi connectivity index (χ4v) is 3.17. The average Bonchev–Trinajstić information content (AvgIpc) is 1.87. The molecule has 1 aliphatic carbocycles. The Morgan fingerprint density at radius 3 is 2.18 bits per heavy atom. The van der Waals surface area contributed by atoms with Gasteiger partial charge in [0, 0.05) is 51.8 Å². The minimum absolute atomic E-state index is 0.176. The van der Waals surface area contributed by atoms with E-state index >= 15 is 0 Å². The first kappa shape index (κ1) is 10.4. The SMILES string of the molecule is CNC1CCC1(NC)N(I)I. The first-order valence-electron chi connectivity index (χ1n) is 3.65. The Hall–Kier alpha value is 1.34. The van der Waals surface area contributed by atoms with Gasteiger partial charge in [-0.25, -0.2) is 0 Å². The van der Waals surface area contributed by atoms with Crippen LogP contribution < -0.4 is 10.6 Å². The summed E-state index contributed by atoms with van der Waals surface area (Å²) in [6, 6.07) is 0.585. The molecule has 3 nitrogen and oxygen atoms in total. The van der Waals surface area contributed by atoms with Crippen LogP contribution in [0.3, 0.4) is 0 Å². The Balaban J connectivity index is 2.61. The molecule has 11 heavy (non-hydrogen) atoms. The summed E-state index contributed by atoms with van der Waals surface area (Å²) in [6.45, 7) is 0. The van der Waals surface area contributed by atoms with E-state index in [1.807, 2.05) is 14.1 Å². The second kappa shape index (κ2) is 4.03. The molecule has 0 bridgehead atoms. The number of hydrogen-bond acceptors (Lipinski definition) is 3. The largest absolute Gasteiger partial charge is 0.314 e. The third kappa shape index (κ3) is 1.67. The Kier molecular flexibility index (Phi) is 3.82. The number of rotatable bonds is 3. The molecule has 0 aliphatic heterocycles. The summed E-state index contributed by atoms with van der Waals surface area (Å²) in [4.78, 5) is 0. The van der Waals surface area contributed by atoms with Gasteiger partial charge >= 0.3 is 0 Å². The zero-order valence-corrected chi connectivity index (χ0v) is 11.0. The molecule has 1 aliphatic rings. The van der Waals surface area contributed by atoms with E-state index in [4.69, 9.17) is 0 Å². The smallest absolute Gasteiger partial charge is 0.105 e. The number of nitrogens with zero attached hydrogens (tertiary/aromatic N) is 1. The van der Waals surface area contributed by atoms with Crippen molar-refractivity contribution in [1.82, 2.24) is 12.0 Å². The van der Waals surface area contributed by atoms with Crippen molar-refractivity contribution in [3.05, 3.63) is 0 Å². The van der Waals surface area contributed by atoms with Gasteiger partial charge in [0.15, 0.2) is 0 Å². The molecule has 1 saturated carbocycles. The quantitative estimate of drug-likeness (QED) is 0.439. The second-order valence-electron chi connectivity index (χ2n) is 2.79. The molecule has 5 heteroatoms. The van der Waals surface area contributed by atoms with Crippen LogP contribution in [0.15, 0.2) is 0 Å². The third-order valence-electron chi connectivity index (χ3n) is 2.47. The van der Waals surface area contributed by atoms with Crippen LogP contribution in [-0.4, -0.2) is 27.1 Å². The summed E-state index contributed by atoms with van der Waals surface area (Å²) < 4.78 is 2.20. The van der Waals surface area contributed by atoms with E-state index in [-0.39, 0.29) is 5.66 Å². The highest BCUT2D eigenvalue weighted by atomic mass is 127. The summed E-state index contributed by atoms with van der Waals surface area (Å²) in [6.07, 6.45) is 2.49. The van der Waals surface area contributed by atoms with E-state index in [1.54, 1.807) is 0 Å². The van der Waals surface area contributed by atoms with Gasteiger partial charge < -0.3 is 5.32 Å². The molecule has 0 amide bonds. The predicted molar refractivity (Wildman–Crippen MR) is 63.8 cm³/mol. The normalized spacial score (nSPS) is 37.4. The fraction of sp³-hybridized carbons (Fsp3) is 1.00. The van der Waals surface area contributed by atoms with Gasteiger partial charge in [0.1, 0.15) is 5.66 Å². The number of hydrogen-bond donors (Lipinski definition) is 2. The Morgan fingerprint density at radius 1 is 1.45 bits per heavy atom. The molecule has 66 valence electrons. The van der Waals surface area contributed by atoms with Crippen LogP contribution in [0.4, 0.5) is 0 Å². The summed E-state index contributed by atoms with van der Waals surface area (Å²) in [5.74, 6) is 0. The Morgan fingerprint density at radius 2 is 2.09 bits per heavy atom. The molecule has 1 fully saturated rings. The molecule has 2 unspecified atom stereocenters. The zero-order chi connectivity index (χ0) is 8.48. The average molecular weight is 381 g/mol. The summed E-state index contributed by atoms with van der Waals surface area (Å²) in [7, 11) is 4.04. The molecule has 2 atom stereocenters. The van der Waals surface area contributed by atoms with E-state index in [9.17, 15) is 0 Å².